The molecule has 6 nitrogen and oxygen atoms in total. The number of carboxylic acids is 1. The lowest BCUT2D eigenvalue weighted by atomic mass is 9.83. The Morgan fingerprint density at radius 3 is 2.47 bits per heavy atom. The molecule has 0 aromatic carbocycles. The van der Waals surface area contributed by atoms with Gasteiger partial charge in [-0.15, -0.1) is 0 Å². The number of nitrogens with one attached hydrogen (secondary N) is 1. The van der Waals surface area contributed by atoms with Crippen molar-refractivity contribution in [1.82, 2.24) is 10.2 Å². The predicted octanol–water partition coefficient (Wildman–Crippen LogP) is 0.939. The summed E-state index contributed by atoms with van der Waals surface area (Å²) in [5.74, 6) is -1.06. The van der Waals surface area contributed by atoms with Gasteiger partial charge in [-0.25, -0.2) is 9.59 Å². The van der Waals surface area contributed by atoms with Crippen molar-refractivity contribution in [3.8, 4) is 0 Å². The van der Waals surface area contributed by atoms with Crippen LogP contribution in [0, 0.1) is 0 Å². The van der Waals surface area contributed by atoms with Gasteiger partial charge in [-0.2, -0.15) is 0 Å². The van der Waals surface area contributed by atoms with Crippen LogP contribution < -0.4 is 5.32 Å². The topological polar surface area (TPSA) is 89.9 Å². The van der Waals surface area contributed by atoms with Gasteiger partial charge >= 0.3 is 12.0 Å². The van der Waals surface area contributed by atoms with E-state index in [0.717, 1.165) is 25.7 Å². The monoisotopic (exact) mass is 270 g/mol. The Balaban J connectivity index is 2.00. The van der Waals surface area contributed by atoms with E-state index in [4.69, 9.17) is 5.11 Å². The first-order valence-corrected chi connectivity index (χ1v) is 6.91. The van der Waals surface area contributed by atoms with Crippen LogP contribution in [0.25, 0.3) is 0 Å². The number of carboxylic acid groups (broad SMARTS) is 1. The summed E-state index contributed by atoms with van der Waals surface area (Å²) in [7, 11) is 0. The second kappa shape index (κ2) is 5.36. The molecule has 1 heterocycles. The van der Waals surface area contributed by atoms with Crippen molar-refractivity contribution in [2.45, 2.75) is 63.1 Å². The van der Waals surface area contributed by atoms with Crippen molar-refractivity contribution in [3.63, 3.8) is 0 Å². The third kappa shape index (κ3) is 3.18. The minimum absolute atomic E-state index is 0.0961. The van der Waals surface area contributed by atoms with Gasteiger partial charge in [-0.3, -0.25) is 0 Å². The van der Waals surface area contributed by atoms with Crippen LogP contribution in [0.5, 0.6) is 0 Å². The largest absolute Gasteiger partial charge is 0.480 e. The Hall–Kier alpha value is -1.30. The number of urea groups is 1. The molecule has 2 amide bonds. The number of amides is 2. The first-order chi connectivity index (χ1) is 8.91. The lowest BCUT2D eigenvalue weighted by molar-refractivity contribution is -0.141. The third-order valence-electron chi connectivity index (χ3n) is 4.19. The molecule has 0 aromatic heterocycles. The number of nitrogens with zero attached hydrogens (tertiary/aromatic N) is 1. The fraction of sp³-hybridized carbons (Fsp3) is 0.846. The van der Waals surface area contributed by atoms with Crippen molar-refractivity contribution in [2.75, 3.05) is 6.54 Å². The number of aliphatic hydroxyl groups is 1. The second-order valence-corrected chi connectivity index (χ2v) is 5.95. The molecular weight excluding hydrogens is 248 g/mol. The number of likely N-dealkylation sites (tertiary alicyclic amines) is 1. The van der Waals surface area contributed by atoms with E-state index in [1.165, 1.54) is 11.3 Å². The molecule has 1 aliphatic heterocycles. The van der Waals surface area contributed by atoms with E-state index in [1.807, 2.05) is 6.92 Å². The maximum atomic E-state index is 12.2. The average molecular weight is 270 g/mol. The van der Waals surface area contributed by atoms with Gasteiger partial charge in [-0.1, -0.05) is 19.3 Å². The van der Waals surface area contributed by atoms with E-state index in [-0.39, 0.29) is 24.5 Å². The summed E-state index contributed by atoms with van der Waals surface area (Å²) in [5, 5.41) is 21.6. The number of carbonyl (C=O) groups excluding carboxylic acids is 1. The van der Waals surface area contributed by atoms with Gasteiger partial charge in [0.25, 0.3) is 0 Å². The normalized spacial score (nSPS) is 30.1. The maximum Gasteiger partial charge on any atom is 0.326 e. The van der Waals surface area contributed by atoms with E-state index in [0.29, 0.717) is 0 Å². The van der Waals surface area contributed by atoms with Crippen LogP contribution in [-0.2, 0) is 4.79 Å². The summed E-state index contributed by atoms with van der Waals surface area (Å²) in [4.78, 5) is 24.6. The van der Waals surface area contributed by atoms with E-state index in [1.54, 1.807) is 0 Å². The van der Waals surface area contributed by atoms with E-state index >= 15 is 0 Å². The van der Waals surface area contributed by atoms with Crippen molar-refractivity contribution in [3.05, 3.63) is 0 Å². The van der Waals surface area contributed by atoms with Crippen LogP contribution in [0.15, 0.2) is 0 Å². The average Bonchev–Trinajstić information content (AvgIpc) is 2.72. The smallest absolute Gasteiger partial charge is 0.326 e. The van der Waals surface area contributed by atoms with Crippen molar-refractivity contribution >= 4 is 12.0 Å². The molecule has 6 heteroatoms. The number of hydrogen-bond donors (Lipinski definition) is 3. The van der Waals surface area contributed by atoms with E-state index < -0.39 is 18.1 Å². The van der Waals surface area contributed by atoms with Crippen molar-refractivity contribution in [1.29, 1.82) is 0 Å². The van der Waals surface area contributed by atoms with Gasteiger partial charge in [-0.05, 0) is 19.8 Å². The Morgan fingerprint density at radius 2 is 1.89 bits per heavy atom. The highest BCUT2D eigenvalue weighted by molar-refractivity contribution is 5.83. The molecule has 0 aromatic rings. The van der Waals surface area contributed by atoms with Crippen LogP contribution in [0.4, 0.5) is 4.79 Å². The first kappa shape index (κ1) is 14.1. The predicted molar refractivity (Wildman–Crippen MR) is 68.8 cm³/mol. The summed E-state index contributed by atoms with van der Waals surface area (Å²) in [6, 6.07) is -1.28. The molecule has 1 saturated carbocycles. The minimum Gasteiger partial charge on any atom is -0.480 e. The summed E-state index contributed by atoms with van der Waals surface area (Å²) < 4.78 is 0. The molecule has 19 heavy (non-hydrogen) atoms. The molecule has 2 fully saturated rings. The second-order valence-electron chi connectivity index (χ2n) is 5.95. The molecule has 0 spiro atoms. The van der Waals surface area contributed by atoms with E-state index in [9.17, 15) is 14.7 Å². The summed E-state index contributed by atoms with van der Waals surface area (Å²) in [5.41, 5.74) is -0.244. The molecular formula is C13H22N2O4. The fourth-order valence-corrected chi connectivity index (χ4v) is 3.06. The number of aliphatic hydroxyl groups excluding tert-OH is 1. The highest BCUT2D eigenvalue weighted by Gasteiger charge is 2.41. The number of aliphatic carboxylic acids is 1. The molecule has 1 aliphatic carbocycles. The number of carbonyl (C=O) groups is 2. The molecule has 3 N–H and O–H groups in total. The molecule has 108 valence electrons. The minimum atomic E-state index is -1.06. The third-order valence-corrected chi connectivity index (χ3v) is 4.19. The van der Waals surface area contributed by atoms with Crippen molar-refractivity contribution in [2.24, 2.45) is 0 Å². The number of β-amino-alcohol motifs (C(OH)–C–C–N with tert-alkyl or cyclic N) is 1. The van der Waals surface area contributed by atoms with Gasteiger partial charge in [0.05, 0.1) is 6.10 Å². The number of hydrogen-bond acceptors (Lipinski definition) is 3. The van der Waals surface area contributed by atoms with Crippen LogP contribution in [0.1, 0.15) is 45.4 Å². The molecule has 0 bridgehead atoms. The van der Waals surface area contributed by atoms with Crippen LogP contribution in [0.3, 0.4) is 0 Å². The SMILES string of the molecule is CC1(NC(=O)N2C[C@H](O)C[C@H]2C(=O)O)CCCCC1. The lowest BCUT2D eigenvalue weighted by Crippen LogP contribution is -2.54. The highest BCUT2D eigenvalue weighted by atomic mass is 16.4. The van der Waals surface area contributed by atoms with Crippen LogP contribution >= 0.6 is 0 Å². The van der Waals surface area contributed by atoms with Gasteiger partial charge in [0, 0.05) is 18.5 Å². The fourth-order valence-electron chi connectivity index (χ4n) is 3.06. The Bertz CT molecular complexity index is 366. The van der Waals surface area contributed by atoms with Gasteiger partial charge in [0.1, 0.15) is 6.04 Å². The summed E-state index contributed by atoms with van der Waals surface area (Å²) in [6.07, 6.45) is 4.57. The summed E-state index contributed by atoms with van der Waals surface area (Å²) >= 11 is 0. The van der Waals surface area contributed by atoms with Crippen molar-refractivity contribution < 1.29 is 19.8 Å². The zero-order valence-corrected chi connectivity index (χ0v) is 11.3. The van der Waals surface area contributed by atoms with Crippen LogP contribution in [0.2, 0.25) is 0 Å². The maximum absolute atomic E-state index is 12.2. The molecule has 2 atom stereocenters. The van der Waals surface area contributed by atoms with E-state index in [2.05, 4.69) is 5.32 Å². The zero-order valence-electron chi connectivity index (χ0n) is 11.3. The van der Waals surface area contributed by atoms with Gasteiger partial charge < -0.3 is 20.4 Å². The standard InChI is InChI=1S/C13H22N2O4/c1-13(5-3-2-4-6-13)14-12(19)15-8-9(16)7-10(15)11(17)18/h9-10,16H,2-8H2,1H3,(H,14,19)(H,17,18)/t9-,10+/m1/s1. The first-order valence-electron chi connectivity index (χ1n) is 6.91. The van der Waals surface area contributed by atoms with Gasteiger partial charge in [0.15, 0.2) is 0 Å². The number of rotatable bonds is 2. The molecule has 2 aliphatic rings. The molecule has 1 saturated heterocycles. The molecule has 2 rings (SSSR count). The lowest BCUT2D eigenvalue weighted by Gasteiger charge is -2.36. The Kier molecular flexibility index (Phi) is 3.99. The molecule has 0 radical (unpaired) electrons. The Labute approximate surface area is 112 Å². The highest BCUT2D eigenvalue weighted by Crippen LogP contribution is 2.28. The summed E-state index contributed by atoms with van der Waals surface area (Å²) in [6.45, 7) is 2.10. The van der Waals surface area contributed by atoms with Crippen LogP contribution in [-0.4, -0.2) is 51.3 Å². The molecule has 0 unspecified atom stereocenters. The zero-order chi connectivity index (χ0) is 14.0. The Morgan fingerprint density at radius 1 is 1.26 bits per heavy atom. The quantitative estimate of drug-likeness (QED) is 0.696. The van der Waals surface area contributed by atoms with Gasteiger partial charge in [0.2, 0.25) is 0 Å².